The normalized spacial score (nSPS) is 9.92. The lowest BCUT2D eigenvalue weighted by Crippen LogP contribution is -2.01. The number of aliphatic carboxylic acids is 1. The van der Waals surface area contributed by atoms with Gasteiger partial charge in [-0.25, -0.2) is 0 Å². The van der Waals surface area contributed by atoms with Gasteiger partial charge in [-0.3, -0.25) is 9.59 Å². The van der Waals surface area contributed by atoms with E-state index in [4.69, 9.17) is 5.11 Å². The second kappa shape index (κ2) is 4.18. The number of carboxylic acids is 1. The first-order chi connectivity index (χ1) is 6.09. The van der Waals surface area contributed by atoms with Gasteiger partial charge in [0.05, 0.1) is 11.3 Å². The lowest BCUT2D eigenvalue weighted by atomic mass is 10.2. The fourth-order valence-electron chi connectivity index (χ4n) is 0.921. The molecule has 1 heterocycles. The van der Waals surface area contributed by atoms with Gasteiger partial charge in [0.15, 0.2) is 5.78 Å². The van der Waals surface area contributed by atoms with Gasteiger partial charge in [-0.15, -0.1) is 11.3 Å². The van der Waals surface area contributed by atoms with Crippen LogP contribution < -0.4 is 0 Å². The Kier molecular flexibility index (Phi) is 3.19. The minimum Gasteiger partial charge on any atom is -0.481 e. The quantitative estimate of drug-likeness (QED) is 0.754. The molecule has 1 aromatic heterocycles. The average Bonchev–Trinajstić information content (AvgIpc) is 2.47. The SMILES string of the molecule is Cc1csc(C(=O)CCC(=O)O)c1. The van der Waals surface area contributed by atoms with Crippen LogP contribution in [0.5, 0.6) is 0 Å². The van der Waals surface area contributed by atoms with Crippen molar-refractivity contribution in [3.8, 4) is 0 Å². The van der Waals surface area contributed by atoms with Crippen LogP contribution in [0.15, 0.2) is 11.4 Å². The Labute approximate surface area is 80.0 Å². The van der Waals surface area contributed by atoms with Gasteiger partial charge >= 0.3 is 5.97 Å². The molecule has 0 saturated carbocycles. The number of carbonyl (C=O) groups is 2. The molecule has 0 unspecified atom stereocenters. The van der Waals surface area contributed by atoms with Crippen LogP contribution in [0, 0.1) is 6.92 Å². The molecule has 0 aliphatic heterocycles. The van der Waals surface area contributed by atoms with Gasteiger partial charge in [0.25, 0.3) is 0 Å². The molecule has 0 aliphatic rings. The van der Waals surface area contributed by atoms with Gasteiger partial charge in [0, 0.05) is 6.42 Å². The van der Waals surface area contributed by atoms with Crippen LogP contribution in [-0.2, 0) is 4.79 Å². The monoisotopic (exact) mass is 198 g/mol. The lowest BCUT2D eigenvalue weighted by Gasteiger charge is -1.92. The van der Waals surface area contributed by atoms with E-state index >= 15 is 0 Å². The maximum absolute atomic E-state index is 11.3. The van der Waals surface area contributed by atoms with Crippen molar-refractivity contribution in [2.24, 2.45) is 0 Å². The summed E-state index contributed by atoms with van der Waals surface area (Å²) in [7, 11) is 0. The highest BCUT2D eigenvalue weighted by atomic mass is 32.1. The highest BCUT2D eigenvalue weighted by molar-refractivity contribution is 7.12. The van der Waals surface area contributed by atoms with Crippen LogP contribution in [0.4, 0.5) is 0 Å². The summed E-state index contributed by atoms with van der Waals surface area (Å²) in [6.07, 6.45) is 0.00503. The van der Waals surface area contributed by atoms with E-state index in [1.165, 1.54) is 11.3 Å². The maximum atomic E-state index is 11.3. The molecule has 4 heteroatoms. The van der Waals surface area contributed by atoms with Crippen LogP contribution in [-0.4, -0.2) is 16.9 Å². The summed E-state index contributed by atoms with van der Waals surface area (Å²) in [4.78, 5) is 22.2. The summed E-state index contributed by atoms with van der Waals surface area (Å²) in [5.74, 6) is -1.01. The van der Waals surface area contributed by atoms with Crippen molar-refractivity contribution < 1.29 is 14.7 Å². The number of Topliss-reactive ketones (excluding diaryl/α,β-unsaturated/α-hetero) is 1. The number of carboxylic acid groups (broad SMARTS) is 1. The second-order valence-electron chi connectivity index (χ2n) is 2.81. The van der Waals surface area contributed by atoms with E-state index < -0.39 is 5.97 Å². The van der Waals surface area contributed by atoms with Gasteiger partial charge in [0.1, 0.15) is 0 Å². The molecule has 0 bridgehead atoms. The average molecular weight is 198 g/mol. The summed E-state index contributed by atoms with van der Waals surface area (Å²) in [5.41, 5.74) is 1.05. The topological polar surface area (TPSA) is 54.4 Å². The van der Waals surface area contributed by atoms with E-state index in [-0.39, 0.29) is 18.6 Å². The molecule has 0 spiro atoms. The van der Waals surface area contributed by atoms with E-state index in [0.717, 1.165) is 5.56 Å². The summed E-state index contributed by atoms with van der Waals surface area (Å²) in [6, 6.07) is 1.79. The Morgan fingerprint density at radius 2 is 2.15 bits per heavy atom. The molecule has 1 rings (SSSR count). The van der Waals surface area contributed by atoms with Gasteiger partial charge in [-0.05, 0) is 23.9 Å². The molecule has 1 N–H and O–H groups in total. The number of hydrogen-bond donors (Lipinski definition) is 1. The zero-order valence-electron chi connectivity index (χ0n) is 7.24. The molecule has 0 saturated heterocycles. The Morgan fingerprint density at radius 1 is 1.46 bits per heavy atom. The standard InChI is InChI=1S/C9H10O3S/c1-6-4-8(13-5-6)7(10)2-3-9(11)12/h4-5H,2-3H2,1H3,(H,11,12). The number of carbonyl (C=O) groups excluding carboxylic acids is 1. The first-order valence-electron chi connectivity index (χ1n) is 3.89. The maximum Gasteiger partial charge on any atom is 0.303 e. The molecule has 0 atom stereocenters. The van der Waals surface area contributed by atoms with Crippen molar-refractivity contribution in [3.05, 3.63) is 21.9 Å². The summed E-state index contributed by atoms with van der Waals surface area (Å²) >= 11 is 1.37. The van der Waals surface area contributed by atoms with Crippen molar-refractivity contribution >= 4 is 23.1 Å². The van der Waals surface area contributed by atoms with E-state index in [2.05, 4.69) is 0 Å². The highest BCUT2D eigenvalue weighted by Crippen LogP contribution is 2.16. The van der Waals surface area contributed by atoms with Crippen LogP contribution in [0.3, 0.4) is 0 Å². The highest BCUT2D eigenvalue weighted by Gasteiger charge is 2.09. The molecule has 0 aromatic carbocycles. The Bertz CT molecular complexity index is 327. The van der Waals surface area contributed by atoms with Crippen LogP contribution >= 0.6 is 11.3 Å². The molecule has 0 radical (unpaired) electrons. The largest absolute Gasteiger partial charge is 0.481 e. The van der Waals surface area contributed by atoms with Crippen molar-refractivity contribution in [1.82, 2.24) is 0 Å². The first kappa shape index (κ1) is 9.92. The zero-order valence-corrected chi connectivity index (χ0v) is 8.06. The minimum absolute atomic E-state index is 0.0829. The molecule has 3 nitrogen and oxygen atoms in total. The second-order valence-corrected chi connectivity index (χ2v) is 3.72. The first-order valence-corrected chi connectivity index (χ1v) is 4.77. The van der Waals surface area contributed by atoms with Gasteiger partial charge in [-0.1, -0.05) is 0 Å². The Morgan fingerprint density at radius 3 is 2.62 bits per heavy atom. The summed E-state index contributed by atoms with van der Waals surface area (Å²) in [5, 5.41) is 10.2. The van der Waals surface area contributed by atoms with E-state index in [9.17, 15) is 9.59 Å². The molecular formula is C9H10O3S. The third-order valence-electron chi connectivity index (χ3n) is 1.57. The Hall–Kier alpha value is -1.16. The molecular weight excluding hydrogens is 188 g/mol. The molecule has 70 valence electrons. The third kappa shape index (κ3) is 2.99. The predicted octanol–water partition coefficient (Wildman–Crippen LogP) is 2.10. The van der Waals surface area contributed by atoms with E-state index in [0.29, 0.717) is 4.88 Å². The number of thiophene rings is 1. The minimum atomic E-state index is -0.929. The van der Waals surface area contributed by atoms with Crippen molar-refractivity contribution in [3.63, 3.8) is 0 Å². The fraction of sp³-hybridized carbons (Fsp3) is 0.333. The molecule has 0 aliphatic carbocycles. The van der Waals surface area contributed by atoms with Crippen molar-refractivity contribution in [2.75, 3.05) is 0 Å². The van der Waals surface area contributed by atoms with Gasteiger partial charge < -0.3 is 5.11 Å². The van der Waals surface area contributed by atoms with Crippen LogP contribution in [0.2, 0.25) is 0 Å². The lowest BCUT2D eigenvalue weighted by molar-refractivity contribution is -0.136. The van der Waals surface area contributed by atoms with Crippen molar-refractivity contribution in [2.45, 2.75) is 19.8 Å². The third-order valence-corrected chi connectivity index (χ3v) is 2.66. The number of hydrogen-bond acceptors (Lipinski definition) is 3. The molecule has 1 aromatic rings. The van der Waals surface area contributed by atoms with Crippen molar-refractivity contribution in [1.29, 1.82) is 0 Å². The predicted molar refractivity (Wildman–Crippen MR) is 50.3 cm³/mol. The number of ketones is 1. The van der Waals surface area contributed by atoms with Crippen LogP contribution in [0.25, 0.3) is 0 Å². The zero-order chi connectivity index (χ0) is 9.84. The summed E-state index contributed by atoms with van der Waals surface area (Å²) < 4.78 is 0. The molecule has 13 heavy (non-hydrogen) atoms. The number of rotatable bonds is 4. The smallest absolute Gasteiger partial charge is 0.303 e. The van der Waals surface area contributed by atoms with Gasteiger partial charge in [-0.2, -0.15) is 0 Å². The fourth-order valence-corrected chi connectivity index (χ4v) is 1.79. The van der Waals surface area contributed by atoms with E-state index in [1.807, 2.05) is 12.3 Å². The van der Waals surface area contributed by atoms with Crippen LogP contribution in [0.1, 0.15) is 28.1 Å². The molecule has 0 fully saturated rings. The summed E-state index contributed by atoms with van der Waals surface area (Å²) in [6.45, 7) is 1.91. The van der Waals surface area contributed by atoms with E-state index in [1.54, 1.807) is 6.07 Å². The molecule has 0 amide bonds. The number of aryl methyl sites for hydroxylation is 1. The Balaban J connectivity index is 2.54. The van der Waals surface area contributed by atoms with Gasteiger partial charge in [0.2, 0.25) is 0 Å².